The number of imide groups is 1. The number of benzene rings is 3. The lowest BCUT2D eigenvalue weighted by atomic mass is 10.1. The number of aromatic nitrogens is 1. The molecule has 1 aliphatic rings. The van der Waals surface area contributed by atoms with Crippen LogP contribution in [0.4, 0.5) is 22.2 Å². The normalized spacial score (nSPS) is 13.2. The van der Waals surface area contributed by atoms with Crippen LogP contribution in [0.2, 0.25) is 5.02 Å². The first-order chi connectivity index (χ1) is 18.7. The number of carbonyl (C=O) groups is 3. The van der Waals surface area contributed by atoms with E-state index in [9.17, 15) is 19.6 Å². The minimum absolute atomic E-state index is 0.0534. The molecule has 196 valence electrons. The number of nitrogens with zero attached hydrogens (tertiary/aromatic N) is 3. The van der Waals surface area contributed by atoms with Crippen molar-refractivity contribution < 1.29 is 19.6 Å². The molecule has 1 aromatic heterocycles. The second-order valence-electron chi connectivity index (χ2n) is 8.13. The Kier molecular flexibility index (Phi) is 7.33. The summed E-state index contributed by atoms with van der Waals surface area (Å²) < 4.78 is 0. The van der Waals surface area contributed by atoms with Gasteiger partial charge in [0, 0.05) is 27.2 Å². The number of carbonyl (C=O) groups excluding carboxylic acids is 3. The highest BCUT2D eigenvalue weighted by Gasteiger charge is 2.39. The van der Waals surface area contributed by atoms with Crippen LogP contribution in [0.3, 0.4) is 0 Å². The smallest absolute Gasteiger partial charge is 0.283 e. The van der Waals surface area contributed by atoms with Gasteiger partial charge in [-0.2, -0.15) is 0 Å². The second-order valence-corrected chi connectivity index (χ2v) is 9.80. The molecule has 0 aliphatic carbocycles. The quantitative estimate of drug-likeness (QED) is 0.183. The topological polar surface area (TPSA) is 138 Å². The van der Waals surface area contributed by atoms with Gasteiger partial charge in [0.2, 0.25) is 0 Å². The van der Waals surface area contributed by atoms with Gasteiger partial charge < -0.3 is 15.8 Å². The average Bonchev–Trinajstić information content (AvgIpc) is 3.47. The third kappa shape index (κ3) is 5.48. The fourth-order valence-electron chi connectivity index (χ4n) is 3.73. The zero-order chi connectivity index (χ0) is 27.7. The maximum atomic E-state index is 12.9. The van der Waals surface area contributed by atoms with Gasteiger partial charge in [-0.3, -0.25) is 24.9 Å². The van der Waals surface area contributed by atoms with E-state index in [1.165, 1.54) is 41.7 Å². The Morgan fingerprint density at radius 3 is 2.46 bits per heavy atom. The van der Waals surface area contributed by atoms with E-state index in [2.05, 4.69) is 15.6 Å². The zero-order valence-corrected chi connectivity index (χ0v) is 21.9. The molecule has 3 aromatic carbocycles. The summed E-state index contributed by atoms with van der Waals surface area (Å²) in [5.74, 6) is -1.74. The molecular formula is C26H16Cl2N5O5S-. The number of hydrogen-bond acceptors (Lipinski definition) is 9. The fraction of sp³-hybridized carbons (Fsp3) is 0. The van der Waals surface area contributed by atoms with Gasteiger partial charge in [0.05, 0.1) is 17.1 Å². The van der Waals surface area contributed by atoms with Crippen LogP contribution >= 0.6 is 34.5 Å². The molecule has 0 fully saturated rings. The number of nitrogens with one attached hydrogen (secondary N) is 2. The molecule has 39 heavy (non-hydrogen) atoms. The van der Waals surface area contributed by atoms with E-state index in [1.807, 2.05) is 0 Å². The van der Waals surface area contributed by atoms with E-state index in [0.717, 1.165) is 4.90 Å². The molecule has 0 spiro atoms. The Labute approximate surface area is 235 Å². The molecular weight excluding hydrogens is 565 g/mol. The van der Waals surface area contributed by atoms with E-state index in [0.29, 0.717) is 38.3 Å². The van der Waals surface area contributed by atoms with Gasteiger partial charge in [0.15, 0.2) is 5.13 Å². The Balaban J connectivity index is 1.26. The summed E-state index contributed by atoms with van der Waals surface area (Å²) in [6.45, 7) is 0. The molecule has 0 radical (unpaired) electrons. The zero-order valence-electron chi connectivity index (χ0n) is 19.6. The number of anilines is 4. The molecule has 0 saturated carbocycles. The number of amides is 3. The van der Waals surface area contributed by atoms with Gasteiger partial charge >= 0.3 is 0 Å². The molecule has 0 bridgehead atoms. The molecule has 0 saturated heterocycles. The van der Waals surface area contributed by atoms with Crippen LogP contribution in [0.15, 0.2) is 88.9 Å². The monoisotopic (exact) mass is 580 g/mol. The highest BCUT2D eigenvalue weighted by atomic mass is 35.5. The predicted octanol–water partition coefficient (Wildman–Crippen LogP) is 5.84. The molecule has 4 aromatic rings. The average molecular weight is 581 g/mol. The highest BCUT2D eigenvalue weighted by molar-refractivity contribution is 7.14. The summed E-state index contributed by atoms with van der Waals surface area (Å²) in [4.78, 5) is 43.6. The van der Waals surface area contributed by atoms with Crippen molar-refractivity contribution in [2.24, 2.45) is 0 Å². The predicted molar refractivity (Wildman–Crippen MR) is 150 cm³/mol. The number of halogens is 2. The molecule has 5 rings (SSSR count). The van der Waals surface area contributed by atoms with Crippen LogP contribution in [0.25, 0.3) is 11.3 Å². The Morgan fingerprint density at radius 1 is 1.00 bits per heavy atom. The van der Waals surface area contributed by atoms with E-state index < -0.39 is 17.7 Å². The van der Waals surface area contributed by atoms with Crippen LogP contribution in [0, 0.1) is 5.21 Å². The minimum atomic E-state index is -0.682. The molecule has 3 amide bonds. The summed E-state index contributed by atoms with van der Waals surface area (Å²) in [6.07, 6.45) is 0. The van der Waals surface area contributed by atoms with Crippen LogP contribution in [-0.4, -0.2) is 27.9 Å². The van der Waals surface area contributed by atoms with Gasteiger partial charge in [-0.05, 0) is 54.6 Å². The SMILES string of the molecule is O=C(Nc1nc(-c2cccc(N([O-])O)c2)cs1)c1ccc(NC2=C(Cl)C(=O)N(c3cccc(Cl)c3)C2=O)cc1. The van der Waals surface area contributed by atoms with Gasteiger partial charge in [0.25, 0.3) is 17.7 Å². The van der Waals surface area contributed by atoms with Crippen molar-refractivity contribution in [3.05, 3.63) is 105 Å². The molecule has 10 nitrogen and oxygen atoms in total. The third-order valence-corrected chi connectivity index (χ3v) is 6.94. The minimum Gasteiger partial charge on any atom is -0.733 e. The maximum absolute atomic E-state index is 12.9. The van der Waals surface area contributed by atoms with Crippen LogP contribution in [-0.2, 0) is 9.59 Å². The summed E-state index contributed by atoms with van der Waals surface area (Å²) in [5, 5.41) is 27.7. The number of thiazole rings is 1. The van der Waals surface area contributed by atoms with Crippen LogP contribution < -0.4 is 20.8 Å². The van der Waals surface area contributed by atoms with Crippen molar-refractivity contribution >= 4 is 74.5 Å². The van der Waals surface area contributed by atoms with Gasteiger partial charge in [-0.15, -0.1) is 11.3 Å². The largest absolute Gasteiger partial charge is 0.733 e. The van der Waals surface area contributed by atoms with Crippen molar-refractivity contribution in [3.8, 4) is 11.3 Å². The van der Waals surface area contributed by atoms with E-state index >= 15 is 0 Å². The maximum Gasteiger partial charge on any atom is 0.283 e. The first-order valence-electron chi connectivity index (χ1n) is 11.2. The molecule has 1 aliphatic heterocycles. The summed E-state index contributed by atoms with van der Waals surface area (Å²) in [6, 6.07) is 18.7. The lowest BCUT2D eigenvalue weighted by Crippen LogP contribution is -2.32. The molecule has 0 atom stereocenters. The molecule has 3 N–H and O–H groups in total. The first-order valence-corrected chi connectivity index (χ1v) is 12.8. The molecule has 0 unspecified atom stereocenters. The number of rotatable bonds is 7. The summed E-state index contributed by atoms with van der Waals surface area (Å²) in [7, 11) is 0. The highest BCUT2D eigenvalue weighted by Crippen LogP contribution is 2.32. The van der Waals surface area contributed by atoms with Crippen LogP contribution in [0.1, 0.15) is 10.4 Å². The Bertz CT molecular complexity index is 1640. The standard InChI is InChI=1S/C26H16Cl2N5O5S/c27-16-4-2-5-18(12-16)32-24(35)21(28)22(25(32)36)29-17-9-7-14(8-10-17)23(34)31-26-30-20(13-39-26)15-3-1-6-19(11-15)33(37)38/h1-13,29,37H,(H,30,31,34)/q-1. The van der Waals surface area contributed by atoms with Gasteiger partial charge in [-0.25, -0.2) is 9.88 Å². The van der Waals surface area contributed by atoms with Gasteiger partial charge in [-0.1, -0.05) is 41.4 Å². The molecule has 2 heterocycles. The van der Waals surface area contributed by atoms with Crippen molar-refractivity contribution in [1.29, 1.82) is 0 Å². The second kappa shape index (κ2) is 10.8. The fourth-order valence-corrected chi connectivity index (χ4v) is 4.84. The van der Waals surface area contributed by atoms with Crippen molar-refractivity contribution in [3.63, 3.8) is 0 Å². The Morgan fingerprint density at radius 2 is 1.74 bits per heavy atom. The number of hydrogen-bond donors (Lipinski definition) is 3. The first kappa shape index (κ1) is 26.4. The lowest BCUT2D eigenvalue weighted by Gasteiger charge is -2.21. The van der Waals surface area contributed by atoms with E-state index in [-0.39, 0.29) is 21.6 Å². The van der Waals surface area contributed by atoms with Crippen molar-refractivity contribution in [2.75, 3.05) is 20.8 Å². The van der Waals surface area contributed by atoms with Crippen molar-refractivity contribution in [1.82, 2.24) is 4.98 Å². The lowest BCUT2D eigenvalue weighted by molar-refractivity contribution is -0.120. The third-order valence-electron chi connectivity index (χ3n) is 5.60. The van der Waals surface area contributed by atoms with Crippen LogP contribution in [0.5, 0.6) is 0 Å². The van der Waals surface area contributed by atoms with Crippen molar-refractivity contribution in [2.45, 2.75) is 0 Å². The Hall–Kier alpha value is -4.26. The van der Waals surface area contributed by atoms with E-state index in [4.69, 9.17) is 28.4 Å². The summed E-state index contributed by atoms with van der Waals surface area (Å²) in [5.41, 5.74) is 2.11. The van der Waals surface area contributed by atoms with Gasteiger partial charge in [0.1, 0.15) is 10.7 Å². The molecule has 13 heteroatoms. The van der Waals surface area contributed by atoms with E-state index in [1.54, 1.807) is 47.8 Å². The summed E-state index contributed by atoms with van der Waals surface area (Å²) >= 11 is 13.4.